The van der Waals surface area contributed by atoms with E-state index in [2.05, 4.69) is 24.0 Å². The Morgan fingerprint density at radius 2 is 1.97 bits per heavy atom. The van der Waals surface area contributed by atoms with Crippen molar-refractivity contribution < 1.29 is 9.84 Å². The number of ether oxygens (including phenoxy) is 1. The number of anilines is 1. The second-order valence-corrected chi connectivity index (χ2v) is 8.18. The third-order valence-corrected chi connectivity index (χ3v) is 6.03. The number of morpholine rings is 1. The summed E-state index contributed by atoms with van der Waals surface area (Å²) >= 11 is 0. The van der Waals surface area contributed by atoms with Gasteiger partial charge in [0.05, 0.1) is 25.4 Å². The molecule has 0 radical (unpaired) electrons. The summed E-state index contributed by atoms with van der Waals surface area (Å²) in [5.41, 5.74) is 0.967. The summed E-state index contributed by atoms with van der Waals surface area (Å²) in [4.78, 5) is 11.8. The average Bonchev–Trinajstić information content (AvgIpc) is 3.19. The van der Waals surface area contributed by atoms with Gasteiger partial charge in [-0.05, 0) is 31.4 Å². The first-order chi connectivity index (χ1) is 14.3. The largest absolute Gasteiger partial charge is 0.391 e. The maximum Gasteiger partial charge on any atom is 0.160 e. The molecule has 2 aromatic heterocycles. The van der Waals surface area contributed by atoms with Crippen molar-refractivity contribution in [2.24, 2.45) is 0 Å². The van der Waals surface area contributed by atoms with Crippen LogP contribution in [-0.2, 0) is 11.2 Å². The van der Waals surface area contributed by atoms with Crippen molar-refractivity contribution in [3.8, 4) is 11.4 Å². The van der Waals surface area contributed by atoms with Crippen LogP contribution in [0.1, 0.15) is 63.7 Å². The molecule has 2 aliphatic rings. The number of rotatable bonds is 7. The van der Waals surface area contributed by atoms with Crippen molar-refractivity contribution in [2.45, 2.75) is 70.4 Å². The zero-order chi connectivity index (χ0) is 20.1. The first kappa shape index (κ1) is 20.3. The Hall–Kier alpha value is -1.99. The normalized spacial score (nSPS) is 22.8. The van der Waals surface area contributed by atoms with Crippen molar-refractivity contribution >= 4 is 5.82 Å². The fourth-order valence-electron chi connectivity index (χ4n) is 4.31. The van der Waals surface area contributed by atoms with Crippen LogP contribution in [0.5, 0.6) is 0 Å². The molecule has 1 saturated heterocycles. The Labute approximate surface area is 173 Å². The van der Waals surface area contributed by atoms with Crippen molar-refractivity contribution in [1.82, 2.24) is 19.7 Å². The van der Waals surface area contributed by atoms with E-state index in [9.17, 15) is 5.11 Å². The number of hydrogen-bond donors (Lipinski definition) is 1. The maximum absolute atomic E-state index is 10.6. The van der Waals surface area contributed by atoms with Gasteiger partial charge >= 0.3 is 0 Å². The van der Waals surface area contributed by atoms with Gasteiger partial charge in [0.25, 0.3) is 0 Å². The monoisotopic (exact) mass is 399 g/mol. The molecule has 0 amide bonds. The second-order valence-electron chi connectivity index (χ2n) is 8.18. The molecule has 7 nitrogen and oxygen atoms in total. The van der Waals surface area contributed by atoms with E-state index in [0.717, 1.165) is 87.9 Å². The Balaban J connectivity index is 1.60. The van der Waals surface area contributed by atoms with Crippen molar-refractivity contribution in [2.75, 3.05) is 31.2 Å². The third kappa shape index (κ3) is 4.78. The van der Waals surface area contributed by atoms with Crippen LogP contribution in [0.25, 0.3) is 11.4 Å². The number of nitrogens with zero attached hydrogens (tertiary/aromatic N) is 5. The van der Waals surface area contributed by atoms with Crippen LogP contribution >= 0.6 is 0 Å². The van der Waals surface area contributed by atoms with Crippen LogP contribution in [0.2, 0.25) is 0 Å². The lowest BCUT2D eigenvalue weighted by Crippen LogP contribution is -2.36. The minimum absolute atomic E-state index is 0.00472. The fraction of sp³-hybridized carbons (Fsp3) is 0.682. The molecule has 0 bridgehead atoms. The first-order valence-corrected chi connectivity index (χ1v) is 11.2. The van der Waals surface area contributed by atoms with Crippen molar-refractivity contribution in [3.05, 3.63) is 24.2 Å². The molecule has 1 aliphatic heterocycles. The molecule has 158 valence electrons. The highest BCUT2D eigenvalue weighted by Crippen LogP contribution is 2.32. The van der Waals surface area contributed by atoms with E-state index in [0.29, 0.717) is 0 Å². The van der Waals surface area contributed by atoms with E-state index in [4.69, 9.17) is 19.8 Å². The van der Waals surface area contributed by atoms with Gasteiger partial charge in [-0.15, -0.1) is 0 Å². The van der Waals surface area contributed by atoms with Gasteiger partial charge in [0.2, 0.25) is 0 Å². The zero-order valence-electron chi connectivity index (χ0n) is 17.5. The Kier molecular flexibility index (Phi) is 6.77. The number of aliphatic hydroxyl groups is 1. The van der Waals surface area contributed by atoms with Gasteiger partial charge in [-0.1, -0.05) is 32.6 Å². The average molecular weight is 400 g/mol. The summed E-state index contributed by atoms with van der Waals surface area (Å²) in [6.45, 7) is 5.45. The molecule has 0 spiro atoms. The van der Waals surface area contributed by atoms with Crippen LogP contribution in [0.3, 0.4) is 0 Å². The number of aliphatic hydroxyl groups excluding tert-OH is 1. The predicted octanol–water partition coefficient (Wildman–Crippen LogP) is 3.39. The molecule has 4 rings (SSSR count). The van der Waals surface area contributed by atoms with Gasteiger partial charge in [0.1, 0.15) is 5.82 Å². The summed E-state index contributed by atoms with van der Waals surface area (Å²) in [6, 6.07) is 4.15. The summed E-state index contributed by atoms with van der Waals surface area (Å²) in [5.74, 6) is 2.69. The molecule has 0 aromatic carbocycles. The van der Waals surface area contributed by atoms with Crippen molar-refractivity contribution in [1.29, 1.82) is 0 Å². The molecule has 1 aliphatic carbocycles. The summed E-state index contributed by atoms with van der Waals surface area (Å²) in [6.07, 6.45) is 9.89. The van der Waals surface area contributed by atoms with E-state index in [-0.39, 0.29) is 12.1 Å². The molecule has 29 heavy (non-hydrogen) atoms. The number of unbranched alkanes of at least 4 members (excludes halogenated alkanes) is 2. The van der Waals surface area contributed by atoms with Gasteiger partial charge in [-0.2, -0.15) is 5.10 Å². The van der Waals surface area contributed by atoms with Crippen molar-refractivity contribution in [3.63, 3.8) is 0 Å². The molecule has 2 aromatic rings. The van der Waals surface area contributed by atoms with E-state index in [1.54, 1.807) is 0 Å². The van der Waals surface area contributed by atoms with Gasteiger partial charge < -0.3 is 14.7 Å². The minimum atomic E-state index is -0.353. The molecule has 3 heterocycles. The van der Waals surface area contributed by atoms with Crippen LogP contribution in [0.4, 0.5) is 5.82 Å². The Morgan fingerprint density at radius 3 is 2.69 bits per heavy atom. The smallest absolute Gasteiger partial charge is 0.160 e. The quantitative estimate of drug-likeness (QED) is 0.719. The molecule has 2 atom stereocenters. The highest BCUT2D eigenvalue weighted by Gasteiger charge is 2.29. The number of hydrogen-bond acceptors (Lipinski definition) is 6. The van der Waals surface area contributed by atoms with Gasteiger partial charge in [-0.3, -0.25) is 0 Å². The summed E-state index contributed by atoms with van der Waals surface area (Å²) in [7, 11) is 0. The summed E-state index contributed by atoms with van der Waals surface area (Å²) in [5, 5.41) is 15.4. The van der Waals surface area contributed by atoms with E-state index < -0.39 is 0 Å². The standard InChI is InChI=1S/C22H33N5O2/c1-2-3-4-9-20-24-22(27(25-20)18-7-5-6-8-19(18)28)17-10-11-21(23-16-17)26-12-14-29-15-13-26/h10-11,16,18-19,28H,2-9,12-15H2,1H3/t18-,19-/m1/s1. The van der Waals surface area contributed by atoms with E-state index in [1.165, 1.54) is 12.8 Å². The Morgan fingerprint density at radius 1 is 1.14 bits per heavy atom. The predicted molar refractivity (Wildman–Crippen MR) is 113 cm³/mol. The Bertz CT molecular complexity index is 770. The SMILES string of the molecule is CCCCCc1nc(-c2ccc(N3CCOCC3)nc2)n([C@@H]2CCCC[C@H]2O)n1. The third-order valence-electron chi connectivity index (χ3n) is 6.03. The highest BCUT2D eigenvalue weighted by atomic mass is 16.5. The van der Waals surface area contributed by atoms with Crippen LogP contribution < -0.4 is 4.90 Å². The molecule has 1 N–H and O–H groups in total. The molecular weight excluding hydrogens is 366 g/mol. The lowest BCUT2D eigenvalue weighted by atomic mass is 9.92. The highest BCUT2D eigenvalue weighted by molar-refractivity contribution is 5.57. The molecular formula is C22H33N5O2. The van der Waals surface area contributed by atoms with E-state index in [1.807, 2.05) is 10.9 Å². The van der Waals surface area contributed by atoms with E-state index >= 15 is 0 Å². The van der Waals surface area contributed by atoms with Crippen LogP contribution in [0, 0.1) is 0 Å². The van der Waals surface area contributed by atoms with Gasteiger partial charge in [-0.25, -0.2) is 14.6 Å². The van der Waals surface area contributed by atoms with Crippen LogP contribution in [0.15, 0.2) is 18.3 Å². The second kappa shape index (κ2) is 9.67. The van der Waals surface area contributed by atoms with Gasteiger partial charge in [0.15, 0.2) is 11.6 Å². The maximum atomic E-state index is 10.6. The van der Waals surface area contributed by atoms with Crippen LogP contribution in [-0.4, -0.2) is 57.3 Å². The number of pyridine rings is 1. The lowest BCUT2D eigenvalue weighted by molar-refractivity contribution is 0.0700. The van der Waals surface area contributed by atoms with Gasteiger partial charge in [0, 0.05) is 31.3 Å². The topological polar surface area (TPSA) is 76.3 Å². The lowest BCUT2D eigenvalue weighted by Gasteiger charge is -2.29. The minimum Gasteiger partial charge on any atom is -0.391 e. The molecule has 1 saturated carbocycles. The number of aryl methyl sites for hydroxylation is 1. The number of aromatic nitrogens is 4. The molecule has 2 fully saturated rings. The fourth-order valence-corrected chi connectivity index (χ4v) is 4.31. The molecule has 0 unspecified atom stereocenters. The zero-order valence-corrected chi connectivity index (χ0v) is 17.5. The summed E-state index contributed by atoms with van der Waals surface area (Å²) < 4.78 is 7.42. The molecule has 7 heteroatoms. The first-order valence-electron chi connectivity index (χ1n) is 11.2.